The Hall–Kier alpha value is -0.900. The first-order chi connectivity index (χ1) is 5.56. The highest BCUT2D eigenvalue weighted by atomic mass is 16.4. The zero-order chi connectivity index (χ0) is 9.61. The molecule has 0 fully saturated rings. The Labute approximate surface area is 71.8 Å². The second-order valence-corrected chi connectivity index (χ2v) is 2.94. The number of hydrogen-bond donors (Lipinski definition) is 2. The van der Waals surface area contributed by atoms with Crippen LogP contribution in [0.3, 0.4) is 0 Å². The van der Waals surface area contributed by atoms with E-state index in [0.717, 1.165) is 12.8 Å². The predicted octanol–water partition coefficient (Wildman–Crippen LogP) is 0.548. The molecule has 0 aliphatic heterocycles. The van der Waals surface area contributed by atoms with E-state index in [9.17, 15) is 9.59 Å². The summed E-state index contributed by atoms with van der Waals surface area (Å²) in [6, 6.07) is 0. The molecule has 0 rings (SSSR count). The van der Waals surface area contributed by atoms with Crippen molar-refractivity contribution < 1.29 is 14.7 Å². The SMILES string of the molecule is CCCCC(N)(CC=O)C(=O)O. The fraction of sp³-hybridized carbons (Fsp3) is 0.750. The third-order valence-electron chi connectivity index (χ3n) is 1.85. The number of carboxylic acids is 1. The molecule has 0 radical (unpaired) electrons. The monoisotopic (exact) mass is 173 g/mol. The van der Waals surface area contributed by atoms with Gasteiger partial charge < -0.3 is 15.6 Å². The molecule has 1 unspecified atom stereocenters. The number of aliphatic carboxylic acids is 1. The van der Waals surface area contributed by atoms with Gasteiger partial charge in [-0.05, 0) is 6.42 Å². The summed E-state index contributed by atoms with van der Waals surface area (Å²) in [5, 5.41) is 8.71. The maximum absolute atomic E-state index is 10.6. The van der Waals surface area contributed by atoms with E-state index >= 15 is 0 Å². The molecular formula is C8H15NO3. The lowest BCUT2D eigenvalue weighted by atomic mass is 9.91. The van der Waals surface area contributed by atoms with Gasteiger partial charge in [0, 0.05) is 6.42 Å². The van der Waals surface area contributed by atoms with Crippen molar-refractivity contribution in [2.24, 2.45) is 5.73 Å². The molecule has 0 saturated heterocycles. The van der Waals surface area contributed by atoms with Gasteiger partial charge in [-0.3, -0.25) is 4.79 Å². The summed E-state index contributed by atoms with van der Waals surface area (Å²) in [5.41, 5.74) is 4.16. The van der Waals surface area contributed by atoms with Gasteiger partial charge in [-0.25, -0.2) is 0 Å². The number of nitrogens with two attached hydrogens (primary N) is 1. The third-order valence-corrected chi connectivity index (χ3v) is 1.85. The van der Waals surface area contributed by atoms with Gasteiger partial charge in [-0.15, -0.1) is 0 Å². The molecule has 12 heavy (non-hydrogen) atoms. The zero-order valence-electron chi connectivity index (χ0n) is 7.25. The van der Waals surface area contributed by atoms with E-state index < -0.39 is 11.5 Å². The Bertz CT molecular complexity index is 170. The Morgan fingerprint density at radius 2 is 2.25 bits per heavy atom. The molecule has 0 heterocycles. The maximum atomic E-state index is 10.6. The van der Waals surface area contributed by atoms with E-state index in [0.29, 0.717) is 12.7 Å². The highest BCUT2D eigenvalue weighted by Crippen LogP contribution is 2.14. The first-order valence-corrected chi connectivity index (χ1v) is 4.02. The summed E-state index contributed by atoms with van der Waals surface area (Å²) < 4.78 is 0. The molecule has 0 amide bonds. The number of carbonyl (C=O) groups is 2. The van der Waals surface area contributed by atoms with Crippen molar-refractivity contribution in [2.75, 3.05) is 0 Å². The van der Waals surface area contributed by atoms with Crippen LogP contribution in [0.5, 0.6) is 0 Å². The highest BCUT2D eigenvalue weighted by molar-refractivity contribution is 5.81. The van der Waals surface area contributed by atoms with E-state index in [1.165, 1.54) is 0 Å². The van der Waals surface area contributed by atoms with Crippen molar-refractivity contribution in [2.45, 2.75) is 38.1 Å². The second kappa shape index (κ2) is 4.87. The third kappa shape index (κ3) is 3.00. The Morgan fingerprint density at radius 3 is 2.58 bits per heavy atom. The van der Waals surface area contributed by atoms with Crippen molar-refractivity contribution in [1.29, 1.82) is 0 Å². The fourth-order valence-electron chi connectivity index (χ4n) is 0.937. The average Bonchev–Trinajstić information content (AvgIpc) is 2.01. The summed E-state index contributed by atoms with van der Waals surface area (Å²) in [7, 11) is 0. The van der Waals surface area contributed by atoms with Crippen LogP contribution in [0.2, 0.25) is 0 Å². The standard InChI is InChI=1S/C8H15NO3/c1-2-3-4-8(9,5-6-10)7(11)12/h6H,2-5,9H2,1H3,(H,11,12). The molecule has 4 heteroatoms. The van der Waals surface area contributed by atoms with Gasteiger partial charge in [-0.1, -0.05) is 19.8 Å². The number of aldehydes is 1. The van der Waals surface area contributed by atoms with Crippen LogP contribution in [-0.2, 0) is 9.59 Å². The number of unbranched alkanes of at least 4 members (excludes halogenated alkanes) is 1. The lowest BCUT2D eigenvalue weighted by Crippen LogP contribution is -2.48. The molecule has 0 aromatic heterocycles. The minimum absolute atomic E-state index is 0.109. The summed E-state index contributed by atoms with van der Waals surface area (Å²) in [6.45, 7) is 1.95. The van der Waals surface area contributed by atoms with Crippen LogP contribution in [0.25, 0.3) is 0 Å². The van der Waals surface area contributed by atoms with Crippen LogP contribution in [0, 0.1) is 0 Å². The van der Waals surface area contributed by atoms with Crippen LogP contribution in [0.15, 0.2) is 0 Å². The summed E-state index contributed by atoms with van der Waals surface area (Å²) in [4.78, 5) is 20.8. The lowest BCUT2D eigenvalue weighted by molar-refractivity contribution is -0.144. The molecule has 0 aromatic carbocycles. The van der Waals surface area contributed by atoms with Crippen molar-refractivity contribution in [3.8, 4) is 0 Å². The second-order valence-electron chi connectivity index (χ2n) is 2.94. The molecule has 0 aliphatic rings. The van der Waals surface area contributed by atoms with Gasteiger partial charge in [0.1, 0.15) is 11.8 Å². The Balaban J connectivity index is 4.17. The molecule has 0 aliphatic carbocycles. The highest BCUT2D eigenvalue weighted by Gasteiger charge is 2.32. The number of rotatable bonds is 6. The maximum Gasteiger partial charge on any atom is 0.324 e. The van der Waals surface area contributed by atoms with Crippen LogP contribution >= 0.6 is 0 Å². The first-order valence-electron chi connectivity index (χ1n) is 4.02. The molecule has 4 nitrogen and oxygen atoms in total. The van der Waals surface area contributed by atoms with Crippen LogP contribution in [-0.4, -0.2) is 22.9 Å². The Kier molecular flexibility index (Phi) is 4.51. The molecule has 0 aromatic rings. The summed E-state index contributed by atoms with van der Waals surface area (Å²) in [5.74, 6) is -1.09. The molecular weight excluding hydrogens is 158 g/mol. The first kappa shape index (κ1) is 11.1. The van der Waals surface area contributed by atoms with Crippen molar-refractivity contribution in [3.63, 3.8) is 0 Å². The molecule has 0 bridgehead atoms. The van der Waals surface area contributed by atoms with E-state index in [1.54, 1.807) is 0 Å². The van der Waals surface area contributed by atoms with Crippen molar-refractivity contribution in [3.05, 3.63) is 0 Å². The number of carbonyl (C=O) groups excluding carboxylic acids is 1. The largest absolute Gasteiger partial charge is 0.480 e. The smallest absolute Gasteiger partial charge is 0.324 e. The van der Waals surface area contributed by atoms with Gasteiger partial charge in [0.2, 0.25) is 0 Å². The molecule has 3 N–H and O–H groups in total. The van der Waals surface area contributed by atoms with Gasteiger partial charge >= 0.3 is 5.97 Å². The number of carboxylic acid groups (broad SMARTS) is 1. The van der Waals surface area contributed by atoms with Gasteiger partial charge in [0.15, 0.2) is 0 Å². The van der Waals surface area contributed by atoms with Crippen molar-refractivity contribution in [1.82, 2.24) is 0 Å². The van der Waals surface area contributed by atoms with E-state index in [1.807, 2.05) is 6.92 Å². The normalized spacial score (nSPS) is 15.2. The fourth-order valence-corrected chi connectivity index (χ4v) is 0.937. The van der Waals surface area contributed by atoms with Crippen molar-refractivity contribution >= 4 is 12.3 Å². The van der Waals surface area contributed by atoms with E-state index in [4.69, 9.17) is 10.8 Å². The lowest BCUT2D eigenvalue weighted by Gasteiger charge is -2.21. The summed E-state index contributed by atoms with van der Waals surface area (Å²) >= 11 is 0. The molecule has 1 atom stereocenters. The predicted molar refractivity (Wildman–Crippen MR) is 44.8 cm³/mol. The van der Waals surface area contributed by atoms with E-state index in [2.05, 4.69) is 0 Å². The van der Waals surface area contributed by atoms with Crippen LogP contribution < -0.4 is 5.73 Å². The molecule has 70 valence electrons. The average molecular weight is 173 g/mol. The minimum Gasteiger partial charge on any atom is -0.480 e. The number of hydrogen-bond acceptors (Lipinski definition) is 3. The quantitative estimate of drug-likeness (QED) is 0.575. The molecule has 0 saturated carbocycles. The zero-order valence-corrected chi connectivity index (χ0v) is 7.25. The summed E-state index contributed by atoms with van der Waals surface area (Å²) in [6.07, 6.45) is 2.42. The topological polar surface area (TPSA) is 80.4 Å². The minimum atomic E-state index is -1.35. The van der Waals surface area contributed by atoms with E-state index in [-0.39, 0.29) is 6.42 Å². The van der Waals surface area contributed by atoms with Crippen LogP contribution in [0.4, 0.5) is 0 Å². The van der Waals surface area contributed by atoms with Gasteiger partial charge in [0.05, 0.1) is 0 Å². The van der Waals surface area contributed by atoms with Gasteiger partial charge in [0.25, 0.3) is 0 Å². The molecule has 0 spiro atoms. The van der Waals surface area contributed by atoms with Crippen LogP contribution in [0.1, 0.15) is 32.6 Å². The van der Waals surface area contributed by atoms with Gasteiger partial charge in [-0.2, -0.15) is 0 Å². The Morgan fingerprint density at radius 1 is 1.67 bits per heavy atom.